The zero-order valence-electron chi connectivity index (χ0n) is 9.79. The zero-order valence-corrected chi connectivity index (χ0v) is 9.79. The van der Waals surface area contributed by atoms with Crippen LogP contribution in [0.2, 0.25) is 0 Å². The van der Waals surface area contributed by atoms with Crippen LogP contribution in [0.1, 0.15) is 25.8 Å². The van der Waals surface area contributed by atoms with Gasteiger partial charge in [0.1, 0.15) is 0 Å². The minimum absolute atomic E-state index is 0.738. The van der Waals surface area contributed by atoms with Gasteiger partial charge in [-0.15, -0.1) is 0 Å². The van der Waals surface area contributed by atoms with Gasteiger partial charge in [0, 0.05) is 5.69 Å². The maximum Gasteiger partial charge on any atom is 0.0314 e. The Kier molecular flexibility index (Phi) is 5.19. The summed E-state index contributed by atoms with van der Waals surface area (Å²) in [6.07, 6.45) is 2.32. The third-order valence-corrected chi connectivity index (χ3v) is 2.35. The van der Waals surface area contributed by atoms with E-state index in [9.17, 15) is 0 Å². The highest BCUT2D eigenvalue weighted by Crippen LogP contribution is 2.07. The second-order valence-corrected chi connectivity index (χ2v) is 4.44. The molecule has 15 heavy (non-hydrogen) atoms. The fourth-order valence-electron chi connectivity index (χ4n) is 1.49. The largest absolute Gasteiger partial charge is 0.399 e. The van der Waals surface area contributed by atoms with Crippen molar-refractivity contribution in [2.45, 2.75) is 26.7 Å². The maximum absolute atomic E-state index is 5.62. The first kappa shape index (κ1) is 12.1. The third kappa shape index (κ3) is 5.43. The lowest BCUT2D eigenvalue weighted by Gasteiger charge is -2.07. The molecule has 0 bridgehead atoms. The second kappa shape index (κ2) is 6.46. The maximum atomic E-state index is 5.62. The standard InChI is InChI=1S/C13H22N2/c1-11(2)10-15-9-3-4-12-5-7-13(14)8-6-12/h5-8,11,15H,3-4,9-10,14H2,1-2H3. The van der Waals surface area contributed by atoms with Crippen molar-refractivity contribution >= 4 is 5.69 Å². The first-order valence-corrected chi connectivity index (χ1v) is 5.73. The Morgan fingerprint density at radius 1 is 1.20 bits per heavy atom. The molecule has 1 rings (SSSR count). The molecule has 0 atom stereocenters. The summed E-state index contributed by atoms with van der Waals surface area (Å²) >= 11 is 0. The molecule has 0 aliphatic carbocycles. The van der Waals surface area contributed by atoms with Crippen molar-refractivity contribution in [1.82, 2.24) is 5.32 Å². The van der Waals surface area contributed by atoms with Gasteiger partial charge >= 0.3 is 0 Å². The molecule has 0 spiro atoms. The van der Waals surface area contributed by atoms with Crippen LogP contribution >= 0.6 is 0 Å². The van der Waals surface area contributed by atoms with Gasteiger partial charge in [-0.05, 0) is 49.5 Å². The lowest BCUT2D eigenvalue weighted by molar-refractivity contribution is 0.543. The molecule has 0 fully saturated rings. The first-order chi connectivity index (χ1) is 7.18. The van der Waals surface area contributed by atoms with Gasteiger partial charge in [0.05, 0.1) is 0 Å². The molecule has 0 aliphatic heterocycles. The molecular weight excluding hydrogens is 184 g/mol. The number of benzene rings is 1. The monoisotopic (exact) mass is 206 g/mol. The molecule has 2 heteroatoms. The summed E-state index contributed by atoms with van der Waals surface area (Å²) in [6.45, 7) is 6.67. The highest BCUT2D eigenvalue weighted by atomic mass is 14.8. The average molecular weight is 206 g/mol. The summed E-state index contributed by atoms with van der Waals surface area (Å²) in [5.74, 6) is 0.738. The van der Waals surface area contributed by atoms with Crippen LogP contribution in [-0.2, 0) is 6.42 Å². The van der Waals surface area contributed by atoms with Gasteiger partial charge in [-0.2, -0.15) is 0 Å². The average Bonchev–Trinajstić information content (AvgIpc) is 2.20. The van der Waals surface area contributed by atoms with E-state index in [0.717, 1.165) is 31.1 Å². The summed E-state index contributed by atoms with van der Waals surface area (Å²) in [5.41, 5.74) is 7.84. The number of nitrogens with two attached hydrogens (primary N) is 1. The van der Waals surface area contributed by atoms with E-state index in [-0.39, 0.29) is 0 Å². The van der Waals surface area contributed by atoms with E-state index in [4.69, 9.17) is 5.73 Å². The number of hydrogen-bond donors (Lipinski definition) is 2. The van der Waals surface area contributed by atoms with Crippen LogP contribution in [0.15, 0.2) is 24.3 Å². The van der Waals surface area contributed by atoms with Crippen molar-refractivity contribution in [2.75, 3.05) is 18.8 Å². The highest BCUT2D eigenvalue weighted by Gasteiger charge is 1.94. The quantitative estimate of drug-likeness (QED) is 0.554. The van der Waals surface area contributed by atoms with Gasteiger partial charge in [0.25, 0.3) is 0 Å². The summed E-state index contributed by atoms with van der Waals surface area (Å²) in [6, 6.07) is 8.16. The van der Waals surface area contributed by atoms with Crippen LogP contribution in [0.5, 0.6) is 0 Å². The van der Waals surface area contributed by atoms with Crippen LogP contribution in [0, 0.1) is 5.92 Å². The lowest BCUT2D eigenvalue weighted by Crippen LogP contribution is -2.21. The van der Waals surface area contributed by atoms with E-state index in [0.29, 0.717) is 0 Å². The molecule has 0 aliphatic rings. The fourth-order valence-corrected chi connectivity index (χ4v) is 1.49. The molecule has 2 nitrogen and oxygen atoms in total. The van der Waals surface area contributed by atoms with Crippen LogP contribution in [-0.4, -0.2) is 13.1 Å². The van der Waals surface area contributed by atoms with Gasteiger partial charge in [-0.1, -0.05) is 26.0 Å². The van der Waals surface area contributed by atoms with Crippen molar-refractivity contribution < 1.29 is 0 Å². The fraction of sp³-hybridized carbons (Fsp3) is 0.538. The van der Waals surface area contributed by atoms with E-state index >= 15 is 0 Å². The van der Waals surface area contributed by atoms with Crippen molar-refractivity contribution in [3.63, 3.8) is 0 Å². The summed E-state index contributed by atoms with van der Waals surface area (Å²) < 4.78 is 0. The second-order valence-electron chi connectivity index (χ2n) is 4.44. The van der Waals surface area contributed by atoms with Crippen molar-refractivity contribution in [3.05, 3.63) is 29.8 Å². The van der Waals surface area contributed by atoms with E-state index < -0.39 is 0 Å². The van der Waals surface area contributed by atoms with Crippen LogP contribution in [0.25, 0.3) is 0 Å². The van der Waals surface area contributed by atoms with Crippen LogP contribution in [0.3, 0.4) is 0 Å². The summed E-state index contributed by atoms with van der Waals surface area (Å²) in [7, 11) is 0. The number of nitrogens with one attached hydrogen (secondary N) is 1. The van der Waals surface area contributed by atoms with Gasteiger partial charge in [-0.25, -0.2) is 0 Å². The Morgan fingerprint density at radius 2 is 1.87 bits per heavy atom. The molecule has 0 radical (unpaired) electrons. The van der Waals surface area contributed by atoms with Crippen molar-refractivity contribution in [2.24, 2.45) is 5.92 Å². The molecule has 1 aromatic rings. The molecule has 3 N–H and O–H groups in total. The summed E-state index contributed by atoms with van der Waals surface area (Å²) in [4.78, 5) is 0. The third-order valence-electron chi connectivity index (χ3n) is 2.35. The highest BCUT2D eigenvalue weighted by molar-refractivity contribution is 5.39. The number of aryl methyl sites for hydroxylation is 1. The zero-order chi connectivity index (χ0) is 11.1. The molecular formula is C13H22N2. The minimum atomic E-state index is 0.738. The molecule has 0 unspecified atom stereocenters. The number of anilines is 1. The predicted octanol–water partition coefficient (Wildman–Crippen LogP) is 2.45. The smallest absolute Gasteiger partial charge is 0.0314 e. The van der Waals surface area contributed by atoms with E-state index in [1.54, 1.807) is 0 Å². The van der Waals surface area contributed by atoms with Gasteiger partial charge < -0.3 is 11.1 Å². The predicted molar refractivity (Wildman–Crippen MR) is 66.9 cm³/mol. The van der Waals surface area contributed by atoms with E-state index in [1.807, 2.05) is 12.1 Å². The van der Waals surface area contributed by atoms with Gasteiger partial charge in [-0.3, -0.25) is 0 Å². The normalized spacial score (nSPS) is 10.9. The van der Waals surface area contributed by atoms with Crippen molar-refractivity contribution in [1.29, 1.82) is 0 Å². The topological polar surface area (TPSA) is 38.0 Å². The Bertz CT molecular complexity index is 264. The van der Waals surface area contributed by atoms with Crippen molar-refractivity contribution in [3.8, 4) is 0 Å². The number of nitrogen functional groups attached to an aromatic ring is 1. The van der Waals surface area contributed by atoms with Gasteiger partial charge in [0.15, 0.2) is 0 Å². The molecule has 0 saturated heterocycles. The SMILES string of the molecule is CC(C)CNCCCc1ccc(N)cc1. The number of hydrogen-bond acceptors (Lipinski definition) is 2. The Morgan fingerprint density at radius 3 is 2.47 bits per heavy atom. The first-order valence-electron chi connectivity index (χ1n) is 5.73. The Hall–Kier alpha value is -1.02. The molecule has 0 heterocycles. The van der Waals surface area contributed by atoms with Crippen LogP contribution in [0.4, 0.5) is 5.69 Å². The van der Waals surface area contributed by atoms with Crippen LogP contribution < -0.4 is 11.1 Å². The molecule has 1 aromatic carbocycles. The molecule has 84 valence electrons. The Balaban J connectivity index is 2.12. The molecule has 0 amide bonds. The van der Waals surface area contributed by atoms with E-state index in [1.165, 1.54) is 12.0 Å². The minimum Gasteiger partial charge on any atom is -0.399 e. The lowest BCUT2D eigenvalue weighted by atomic mass is 10.1. The Labute approximate surface area is 92.9 Å². The van der Waals surface area contributed by atoms with E-state index in [2.05, 4.69) is 31.3 Å². The van der Waals surface area contributed by atoms with Gasteiger partial charge in [0.2, 0.25) is 0 Å². The summed E-state index contributed by atoms with van der Waals surface area (Å²) in [5, 5.41) is 3.44. The number of rotatable bonds is 6. The molecule has 0 aromatic heterocycles. The molecule has 0 saturated carbocycles.